The van der Waals surface area contributed by atoms with Crippen LogP contribution in [0.3, 0.4) is 0 Å². The van der Waals surface area contributed by atoms with E-state index in [9.17, 15) is 19.5 Å². The number of carbonyl (C=O) groups is 3. The van der Waals surface area contributed by atoms with Gasteiger partial charge in [0.1, 0.15) is 11.5 Å². The summed E-state index contributed by atoms with van der Waals surface area (Å²) in [6.45, 7) is 6.90. The average molecular weight is 427 g/mol. The Hall–Kier alpha value is -3.15. The van der Waals surface area contributed by atoms with Gasteiger partial charge in [0.05, 0.1) is 24.7 Å². The van der Waals surface area contributed by atoms with Gasteiger partial charge >= 0.3 is 5.97 Å². The number of ketones is 2. The second-order valence-electron chi connectivity index (χ2n) is 8.54. The number of carboxylic acid groups (broad SMARTS) is 1. The molecule has 2 rings (SSSR count). The number of rotatable bonds is 10. The summed E-state index contributed by atoms with van der Waals surface area (Å²) in [5.74, 6) is -0.980. The lowest BCUT2D eigenvalue weighted by Crippen LogP contribution is -2.21. The van der Waals surface area contributed by atoms with Crippen molar-refractivity contribution in [2.45, 2.75) is 53.4 Å². The smallest absolute Gasteiger partial charge is 0.303 e. The van der Waals surface area contributed by atoms with Crippen molar-refractivity contribution in [2.24, 2.45) is 5.41 Å². The van der Waals surface area contributed by atoms with E-state index in [1.165, 1.54) is 14.0 Å². The lowest BCUT2D eigenvalue weighted by molar-refractivity contribution is -0.139. The molecule has 0 fully saturated rings. The first-order valence-corrected chi connectivity index (χ1v) is 10.3. The minimum atomic E-state index is -0.947. The molecule has 166 valence electrons. The first-order valence-electron chi connectivity index (χ1n) is 10.3. The zero-order chi connectivity index (χ0) is 23.3. The van der Waals surface area contributed by atoms with Crippen molar-refractivity contribution in [1.29, 1.82) is 0 Å². The summed E-state index contributed by atoms with van der Waals surface area (Å²) in [6, 6.07) is 8.58. The van der Waals surface area contributed by atoms with E-state index in [0.29, 0.717) is 23.3 Å². The summed E-state index contributed by atoms with van der Waals surface area (Å²) in [4.78, 5) is 35.7. The molecule has 0 unspecified atom stereocenters. The van der Waals surface area contributed by atoms with Gasteiger partial charge in [-0.25, -0.2) is 0 Å². The SMILES string of the molecule is CCCc1c(-c2ccc(C(=O)CC(C)(C)CC(=O)O)c(OC)c2)ccc(C(C)=O)c1O. The fourth-order valence-electron chi connectivity index (χ4n) is 3.78. The Balaban J connectivity index is 2.48. The second-order valence-corrected chi connectivity index (χ2v) is 8.54. The molecule has 0 aliphatic carbocycles. The number of aliphatic carboxylic acids is 1. The van der Waals surface area contributed by atoms with E-state index in [0.717, 1.165) is 17.5 Å². The van der Waals surface area contributed by atoms with Gasteiger partial charge in [-0.05, 0) is 48.1 Å². The van der Waals surface area contributed by atoms with E-state index in [2.05, 4.69) is 0 Å². The highest BCUT2D eigenvalue weighted by atomic mass is 16.5. The van der Waals surface area contributed by atoms with Crippen LogP contribution in [0.15, 0.2) is 30.3 Å². The zero-order valence-electron chi connectivity index (χ0n) is 18.7. The molecule has 0 spiro atoms. The molecule has 0 radical (unpaired) electrons. The monoisotopic (exact) mass is 426 g/mol. The molecule has 0 bridgehead atoms. The molecule has 0 saturated carbocycles. The number of benzene rings is 2. The first-order chi connectivity index (χ1) is 14.5. The van der Waals surface area contributed by atoms with Crippen LogP contribution in [0.25, 0.3) is 11.1 Å². The quantitative estimate of drug-likeness (QED) is 0.500. The van der Waals surface area contributed by atoms with Crippen molar-refractivity contribution in [3.05, 3.63) is 47.0 Å². The number of Topliss-reactive ketones (excluding diaryl/α,β-unsaturated/α-hetero) is 2. The van der Waals surface area contributed by atoms with Crippen molar-refractivity contribution < 1.29 is 29.3 Å². The number of methoxy groups -OCH3 is 1. The maximum absolute atomic E-state index is 12.9. The van der Waals surface area contributed by atoms with Crippen LogP contribution >= 0.6 is 0 Å². The molecule has 0 heterocycles. The third-order valence-electron chi connectivity index (χ3n) is 5.24. The van der Waals surface area contributed by atoms with E-state index < -0.39 is 11.4 Å². The van der Waals surface area contributed by atoms with E-state index in [1.54, 1.807) is 44.2 Å². The number of carbonyl (C=O) groups excluding carboxylic acids is 2. The van der Waals surface area contributed by atoms with Gasteiger partial charge in [-0.15, -0.1) is 0 Å². The molecule has 2 aromatic rings. The summed E-state index contributed by atoms with van der Waals surface area (Å²) in [7, 11) is 1.47. The highest BCUT2D eigenvalue weighted by molar-refractivity contribution is 6.00. The molecular weight excluding hydrogens is 396 g/mol. The van der Waals surface area contributed by atoms with Crippen molar-refractivity contribution in [3.63, 3.8) is 0 Å². The third-order valence-corrected chi connectivity index (χ3v) is 5.24. The minimum absolute atomic E-state index is 0.0126. The summed E-state index contributed by atoms with van der Waals surface area (Å²) < 4.78 is 5.46. The first kappa shape index (κ1) is 24.1. The second kappa shape index (κ2) is 9.77. The Morgan fingerprint density at radius 1 is 1.03 bits per heavy atom. The number of carboxylic acids is 1. The average Bonchev–Trinajstić information content (AvgIpc) is 2.67. The van der Waals surface area contributed by atoms with Crippen molar-refractivity contribution in [2.75, 3.05) is 7.11 Å². The van der Waals surface area contributed by atoms with Gasteiger partial charge in [0, 0.05) is 12.0 Å². The standard InChI is InChI=1S/C25H30O6/c1-6-7-19-18(11-10-17(15(2)26)24(19)30)16-8-9-20(22(12-16)31-5)21(27)13-25(3,4)14-23(28)29/h8-12,30H,6-7,13-14H2,1-5H3,(H,28,29). The van der Waals surface area contributed by atoms with E-state index in [-0.39, 0.29) is 35.7 Å². The molecule has 2 aromatic carbocycles. The van der Waals surface area contributed by atoms with Gasteiger partial charge in [-0.1, -0.05) is 39.3 Å². The predicted molar refractivity (Wildman–Crippen MR) is 119 cm³/mol. The molecular formula is C25H30O6. The van der Waals surface area contributed by atoms with Crippen LogP contribution in [0.5, 0.6) is 11.5 Å². The number of phenolic OH excluding ortho intramolecular Hbond substituents is 1. The van der Waals surface area contributed by atoms with E-state index >= 15 is 0 Å². The van der Waals surface area contributed by atoms with Gasteiger partial charge < -0.3 is 14.9 Å². The molecule has 0 aromatic heterocycles. The molecule has 0 aliphatic rings. The Labute approximate surface area is 182 Å². The number of hydrogen-bond donors (Lipinski definition) is 2. The number of phenols is 1. The molecule has 31 heavy (non-hydrogen) atoms. The van der Waals surface area contributed by atoms with Crippen LogP contribution in [-0.2, 0) is 11.2 Å². The molecule has 0 atom stereocenters. The molecule has 2 N–H and O–H groups in total. The largest absolute Gasteiger partial charge is 0.507 e. The lowest BCUT2D eigenvalue weighted by atomic mass is 9.82. The van der Waals surface area contributed by atoms with Crippen molar-refractivity contribution in [3.8, 4) is 22.6 Å². The minimum Gasteiger partial charge on any atom is -0.507 e. The Morgan fingerprint density at radius 2 is 1.68 bits per heavy atom. The fraction of sp³-hybridized carbons (Fsp3) is 0.400. The molecule has 0 amide bonds. The van der Waals surface area contributed by atoms with E-state index in [4.69, 9.17) is 9.84 Å². The maximum atomic E-state index is 12.9. The maximum Gasteiger partial charge on any atom is 0.303 e. The normalized spacial score (nSPS) is 11.3. The Morgan fingerprint density at radius 3 is 2.23 bits per heavy atom. The van der Waals surface area contributed by atoms with Crippen LogP contribution in [0, 0.1) is 5.41 Å². The van der Waals surface area contributed by atoms with Gasteiger partial charge in [-0.2, -0.15) is 0 Å². The fourth-order valence-corrected chi connectivity index (χ4v) is 3.78. The Bertz CT molecular complexity index is 1000. The summed E-state index contributed by atoms with van der Waals surface area (Å²) >= 11 is 0. The van der Waals surface area contributed by atoms with Crippen LogP contribution < -0.4 is 4.74 Å². The lowest BCUT2D eigenvalue weighted by Gasteiger charge is -2.22. The van der Waals surface area contributed by atoms with Crippen LogP contribution in [-0.4, -0.2) is 34.9 Å². The predicted octanol–water partition coefficient (Wildman–Crippen LogP) is 5.30. The molecule has 0 saturated heterocycles. The number of aromatic hydroxyl groups is 1. The van der Waals surface area contributed by atoms with Gasteiger partial charge in [0.15, 0.2) is 11.6 Å². The van der Waals surface area contributed by atoms with Crippen molar-refractivity contribution in [1.82, 2.24) is 0 Å². The van der Waals surface area contributed by atoms with Gasteiger partial charge in [-0.3, -0.25) is 14.4 Å². The topological polar surface area (TPSA) is 101 Å². The van der Waals surface area contributed by atoms with Crippen LogP contribution in [0.1, 0.15) is 73.2 Å². The highest BCUT2D eigenvalue weighted by Crippen LogP contribution is 2.37. The van der Waals surface area contributed by atoms with Crippen molar-refractivity contribution >= 4 is 17.5 Å². The Kier molecular flexibility index (Phi) is 7.60. The van der Waals surface area contributed by atoms with Crippen LogP contribution in [0.2, 0.25) is 0 Å². The molecule has 0 aliphatic heterocycles. The third kappa shape index (κ3) is 5.72. The zero-order valence-corrected chi connectivity index (χ0v) is 18.7. The van der Waals surface area contributed by atoms with Gasteiger partial charge in [0.2, 0.25) is 0 Å². The number of hydrogen-bond acceptors (Lipinski definition) is 5. The number of ether oxygens (including phenoxy) is 1. The molecule has 6 heteroatoms. The van der Waals surface area contributed by atoms with Crippen LogP contribution in [0.4, 0.5) is 0 Å². The van der Waals surface area contributed by atoms with Gasteiger partial charge in [0.25, 0.3) is 0 Å². The van der Waals surface area contributed by atoms with E-state index in [1.807, 2.05) is 6.92 Å². The molecule has 6 nitrogen and oxygen atoms in total. The highest BCUT2D eigenvalue weighted by Gasteiger charge is 2.27. The summed E-state index contributed by atoms with van der Waals surface area (Å²) in [6.07, 6.45) is 1.34. The summed E-state index contributed by atoms with van der Waals surface area (Å²) in [5.41, 5.74) is 2.19. The summed E-state index contributed by atoms with van der Waals surface area (Å²) in [5, 5.41) is 19.7.